The smallest absolute Gasteiger partial charge is 0.169 e. The fraction of sp³-hybridized carbons (Fsp3) is 0.240. The highest BCUT2D eigenvalue weighted by Gasteiger charge is 2.24. The van der Waals surface area contributed by atoms with E-state index in [9.17, 15) is 0 Å². The molecule has 0 atom stereocenters. The zero-order chi connectivity index (χ0) is 21.4. The molecule has 3 aromatic heterocycles. The van der Waals surface area contributed by atoms with Gasteiger partial charge in [0, 0.05) is 12.1 Å². The SMILES string of the molecule is Cc1nc2c3c(-c4ccccc4)c(-c4ccccc4)n(CCCN(C)C)c3ncn2n1. The number of benzene rings is 2. The van der Waals surface area contributed by atoms with Gasteiger partial charge in [0.1, 0.15) is 17.8 Å². The lowest BCUT2D eigenvalue weighted by Crippen LogP contribution is -2.15. The van der Waals surface area contributed by atoms with Gasteiger partial charge in [0.2, 0.25) is 0 Å². The van der Waals surface area contributed by atoms with E-state index in [2.05, 4.69) is 89.3 Å². The van der Waals surface area contributed by atoms with Gasteiger partial charge in [-0.3, -0.25) is 0 Å². The number of rotatable bonds is 6. The van der Waals surface area contributed by atoms with Crippen molar-refractivity contribution in [1.29, 1.82) is 0 Å². The zero-order valence-electron chi connectivity index (χ0n) is 18.2. The van der Waals surface area contributed by atoms with E-state index in [1.807, 2.05) is 6.92 Å². The summed E-state index contributed by atoms with van der Waals surface area (Å²) in [5, 5.41) is 5.58. The Labute approximate surface area is 181 Å². The highest BCUT2D eigenvalue weighted by atomic mass is 15.3. The first-order chi connectivity index (χ1) is 15.1. The molecule has 0 fully saturated rings. The Morgan fingerprint density at radius 2 is 1.55 bits per heavy atom. The van der Waals surface area contributed by atoms with E-state index in [4.69, 9.17) is 9.97 Å². The summed E-state index contributed by atoms with van der Waals surface area (Å²) in [6, 6.07) is 21.2. The highest BCUT2D eigenvalue weighted by Crippen LogP contribution is 2.41. The van der Waals surface area contributed by atoms with Crippen LogP contribution in [0.3, 0.4) is 0 Å². The van der Waals surface area contributed by atoms with Crippen LogP contribution >= 0.6 is 0 Å². The molecule has 0 aliphatic carbocycles. The number of hydrogen-bond acceptors (Lipinski definition) is 4. The molecule has 3 heterocycles. The minimum absolute atomic E-state index is 0.745. The second-order valence-corrected chi connectivity index (χ2v) is 8.13. The molecule has 0 saturated heterocycles. The van der Waals surface area contributed by atoms with Gasteiger partial charge in [-0.2, -0.15) is 5.10 Å². The molecule has 6 heteroatoms. The van der Waals surface area contributed by atoms with Crippen LogP contribution < -0.4 is 0 Å². The Kier molecular flexibility index (Phi) is 5.00. The van der Waals surface area contributed by atoms with Crippen molar-refractivity contribution in [3.8, 4) is 22.4 Å². The van der Waals surface area contributed by atoms with E-state index in [-0.39, 0.29) is 0 Å². The van der Waals surface area contributed by atoms with Gasteiger partial charge < -0.3 is 9.47 Å². The normalized spacial score (nSPS) is 11.7. The maximum absolute atomic E-state index is 4.86. The summed E-state index contributed by atoms with van der Waals surface area (Å²) in [4.78, 5) is 11.9. The molecule has 6 nitrogen and oxygen atoms in total. The summed E-state index contributed by atoms with van der Waals surface area (Å²) in [5.41, 5.74) is 6.49. The molecule has 0 aliphatic heterocycles. The second kappa shape index (κ2) is 7.96. The van der Waals surface area contributed by atoms with Crippen LogP contribution in [0.2, 0.25) is 0 Å². The molecule has 0 N–H and O–H groups in total. The molecule has 31 heavy (non-hydrogen) atoms. The molecule has 0 radical (unpaired) electrons. The second-order valence-electron chi connectivity index (χ2n) is 8.13. The van der Waals surface area contributed by atoms with Gasteiger partial charge in [0.15, 0.2) is 5.65 Å². The van der Waals surface area contributed by atoms with Gasteiger partial charge in [0.25, 0.3) is 0 Å². The van der Waals surface area contributed by atoms with Gasteiger partial charge >= 0.3 is 0 Å². The van der Waals surface area contributed by atoms with Gasteiger partial charge in [0.05, 0.1) is 11.1 Å². The van der Waals surface area contributed by atoms with Crippen LogP contribution in [-0.2, 0) is 6.54 Å². The summed E-state index contributed by atoms with van der Waals surface area (Å²) in [6.07, 6.45) is 2.81. The maximum Gasteiger partial charge on any atom is 0.169 e. The molecule has 156 valence electrons. The molecule has 0 unspecified atom stereocenters. The average molecular weight is 411 g/mol. The Hall–Kier alpha value is -3.51. The topological polar surface area (TPSA) is 51.2 Å². The van der Waals surface area contributed by atoms with E-state index in [0.29, 0.717) is 0 Å². The standard InChI is InChI=1S/C25H26N6/c1-18-27-25-22-21(19-11-6-4-7-12-19)23(20-13-8-5-9-14-20)30(16-10-15-29(2)3)24(22)26-17-31(25)28-18/h4-9,11-14,17H,10,15-16H2,1-3H3. The zero-order valence-corrected chi connectivity index (χ0v) is 18.2. The molecule has 2 aromatic carbocycles. The van der Waals surface area contributed by atoms with E-state index >= 15 is 0 Å². The van der Waals surface area contributed by atoms with Crippen molar-refractivity contribution in [2.45, 2.75) is 19.9 Å². The maximum atomic E-state index is 4.86. The number of aryl methyl sites for hydroxylation is 2. The Bertz CT molecular complexity index is 1330. The number of fused-ring (bicyclic) bond motifs is 3. The Morgan fingerprint density at radius 1 is 0.871 bits per heavy atom. The lowest BCUT2D eigenvalue weighted by Gasteiger charge is -2.14. The quantitative estimate of drug-likeness (QED) is 0.408. The summed E-state index contributed by atoms with van der Waals surface area (Å²) >= 11 is 0. The fourth-order valence-electron chi connectivity index (χ4n) is 4.29. The van der Waals surface area contributed by atoms with Crippen LogP contribution in [0.1, 0.15) is 12.2 Å². The highest BCUT2D eigenvalue weighted by molar-refractivity contribution is 6.09. The molecular weight excluding hydrogens is 384 g/mol. The van der Waals surface area contributed by atoms with Crippen molar-refractivity contribution in [2.75, 3.05) is 20.6 Å². The van der Waals surface area contributed by atoms with Crippen LogP contribution in [-0.4, -0.2) is 49.7 Å². The predicted octanol–water partition coefficient (Wildman–Crippen LogP) is 4.67. The number of aromatic nitrogens is 5. The predicted molar refractivity (Wildman–Crippen MR) is 125 cm³/mol. The van der Waals surface area contributed by atoms with Gasteiger partial charge in [-0.05, 0) is 45.1 Å². The first kappa shape index (κ1) is 19.5. The first-order valence-electron chi connectivity index (χ1n) is 10.6. The van der Waals surface area contributed by atoms with Gasteiger partial charge in [-0.1, -0.05) is 60.7 Å². The van der Waals surface area contributed by atoms with E-state index in [1.165, 1.54) is 11.3 Å². The van der Waals surface area contributed by atoms with Crippen molar-refractivity contribution in [1.82, 2.24) is 29.0 Å². The summed E-state index contributed by atoms with van der Waals surface area (Å²) in [5.74, 6) is 0.745. The molecule has 0 amide bonds. The van der Waals surface area contributed by atoms with E-state index in [0.717, 1.165) is 53.1 Å². The van der Waals surface area contributed by atoms with Gasteiger partial charge in [-0.15, -0.1) is 0 Å². The van der Waals surface area contributed by atoms with Crippen molar-refractivity contribution in [2.24, 2.45) is 0 Å². The van der Waals surface area contributed by atoms with Crippen molar-refractivity contribution >= 4 is 16.7 Å². The van der Waals surface area contributed by atoms with Crippen LogP contribution in [0.5, 0.6) is 0 Å². The minimum atomic E-state index is 0.745. The monoisotopic (exact) mass is 410 g/mol. The van der Waals surface area contributed by atoms with Crippen LogP contribution in [0.4, 0.5) is 0 Å². The lowest BCUT2D eigenvalue weighted by molar-refractivity contribution is 0.388. The third-order valence-corrected chi connectivity index (χ3v) is 5.58. The Morgan fingerprint density at radius 3 is 2.23 bits per heavy atom. The van der Waals surface area contributed by atoms with Gasteiger partial charge in [-0.25, -0.2) is 14.5 Å². The number of hydrogen-bond donors (Lipinski definition) is 0. The average Bonchev–Trinajstić information content (AvgIpc) is 3.32. The van der Waals surface area contributed by atoms with Crippen molar-refractivity contribution in [3.63, 3.8) is 0 Å². The molecule has 0 aliphatic rings. The third kappa shape index (κ3) is 3.49. The molecule has 5 rings (SSSR count). The molecule has 5 aromatic rings. The van der Waals surface area contributed by atoms with E-state index < -0.39 is 0 Å². The van der Waals surface area contributed by atoms with Crippen molar-refractivity contribution in [3.05, 3.63) is 72.8 Å². The van der Waals surface area contributed by atoms with Crippen LogP contribution in [0.25, 0.3) is 39.1 Å². The molecule has 0 saturated carbocycles. The molecular formula is C25H26N6. The van der Waals surface area contributed by atoms with Crippen LogP contribution in [0.15, 0.2) is 67.0 Å². The van der Waals surface area contributed by atoms with Crippen molar-refractivity contribution < 1.29 is 0 Å². The number of nitrogens with zero attached hydrogens (tertiary/aromatic N) is 6. The third-order valence-electron chi connectivity index (χ3n) is 5.58. The summed E-state index contributed by atoms with van der Waals surface area (Å²) in [6.45, 7) is 3.82. The largest absolute Gasteiger partial charge is 0.324 e. The lowest BCUT2D eigenvalue weighted by atomic mass is 9.99. The Balaban J connectivity index is 1.88. The van der Waals surface area contributed by atoms with Crippen LogP contribution in [0, 0.1) is 6.92 Å². The summed E-state index contributed by atoms with van der Waals surface area (Å²) < 4.78 is 4.16. The molecule has 0 bridgehead atoms. The molecule has 0 spiro atoms. The first-order valence-corrected chi connectivity index (χ1v) is 10.6. The minimum Gasteiger partial charge on any atom is -0.324 e. The van der Waals surface area contributed by atoms with E-state index in [1.54, 1.807) is 10.8 Å². The fourth-order valence-corrected chi connectivity index (χ4v) is 4.29. The summed E-state index contributed by atoms with van der Waals surface area (Å²) in [7, 11) is 4.23.